The summed E-state index contributed by atoms with van der Waals surface area (Å²) in [4.78, 5) is 17.3. The molecule has 0 aliphatic carbocycles. The lowest BCUT2D eigenvalue weighted by molar-refractivity contribution is -0.111. The topological polar surface area (TPSA) is 44.8 Å². The highest BCUT2D eigenvalue weighted by Crippen LogP contribution is 2.26. The Bertz CT molecular complexity index is 1120. The van der Waals surface area contributed by atoms with Gasteiger partial charge in [-0.1, -0.05) is 36.4 Å². The number of ether oxygens (including phenoxy) is 1. The summed E-state index contributed by atoms with van der Waals surface area (Å²) in [5, 5.41) is 2.95. The van der Waals surface area contributed by atoms with Crippen molar-refractivity contribution in [2.75, 3.05) is 43.0 Å². The van der Waals surface area contributed by atoms with Crippen LogP contribution in [0.25, 0.3) is 6.08 Å². The second-order valence-corrected chi connectivity index (χ2v) is 8.58. The van der Waals surface area contributed by atoms with Crippen LogP contribution >= 0.6 is 0 Å². The van der Waals surface area contributed by atoms with Gasteiger partial charge in [-0.2, -0.15) is 0 Å². The Morgan fingerprint density at radius 3 is 2.52 bits per heavy atom. The molecule has 0 saturated carbocycles. The van der Waals surface area contributed by atoms with Gasteiger partial charge in [-0.25, -0.2) is 0 Å². The zero-order chi connectivity index (χ0) is 22.5. The quantitative estimate of drug-likeness (QED) is 0.571. The minimum atomic E-state index is -0.131. The van der Waals surface area contributed by atoms with Gasteiger partial charge in [-0.3, -0.25) is 9.69 Å². The molecule has 0 unspecified atom stereocenters. The minimum absolute atomic E-state index is 0.131. The van der Waals surface area contributed by atoms with E-state index in [2.05, 4.69) is 63.6 Å². The normalized spacial score (nSPS) is 15.9. The van der Waals surface area contributed by atoms with Gasteiger partial charge in [-0.15, -0.1) is 0 Å². The van der Waals surface area contributed by atoms with Crippen molar-refractivity contribution in [3.63, 3.8) is 0 Å². The first-order valence-corrected chi connectivity index (χ1v) is 11.6. The maximum absolute atomic E-state index is 12.4. The van der Waals surface area contributed by atoms with Gasteiger partial charge in [0.05, 0.1) is 6.61 Å². The first-order chi connectivity index (χ1) is 16.2. The van der Waals surface area contributed by atoms with E-state index < -0.39 is 0 Å². The Morgan fingerprint density at radius 1 is 0.939 bits per heavy atom. The summed E-state index contributed by atoms with van der Waals surface area (Å²) in [7, 11) is 0. The highest BCUT2D eigenvalue weighted by atomic mass is 16.5. The third kappa shape index (κ3) is 5.44. The molecule has 1 N–H and O–H groups in total. The van der Waals surface area contributed by atoms with Crippen molar-refractivity contribution in [1.82, 2.24) is 4.90 Å². The van der Waals surface area contributed by atoms with E-state index in [0.717, 1.165) is 62.8 Å². The van der Waals surface area contributed by atoms with Crippen molar-refractivity contribution in [1.29, 1.82) is 0 Å². The predicted molar refractivity (Wildman–Crippen MR) is 134 cm³/mol. The minimum Gasteiger partial charge on any atom is -0.493 e. The lowest BCUT2D eigenvalue weighted by atomic mass is 10.1. The van der Waals surface area contributed by atoms with E-state index in [1.807, 2.05) is 30.3 Å². The van der Waals surface area contributed by atoms with E-state index in [-0.39, 0.29) is 5.91 Å². The molecule has 1 saturated heterocycles. The standard InChI is InChI=1S/C28H29N3O2/c32-28(13-7-22-6-12-27-24(20-22)14-19-33-27)29-25-8-10-26(11-9-25)31-17-15-30(16-18-31)21-23-4-2-1-3-5-23/h1-13,20H,14-19,21H2,(H,29,32). The summed E-state index contributed by atoms with van der Waals surface area (Å²) in [5.41, 5.74) is 5.58. The molecule has 1 fully saturated rings. The number of benzene rings is 3. The smallest absolute Gasteiger partial charge is 0.248 e. The molecule has 2 aliphatic heterocycles. The Kier molecular flexibility index (Phi) is 6.40. The summed E-state index contributed by atoms with van der Waals surface area (Å²) in [5.74, 6) is 0.823. The zero-order valence-corrected chi connectivity index (χ0v) is 18.7. The highest BCUT2D eigenvalue weighted by molar-refractivity contribution is 6.02. The van der Waals surface area contributed by atoms with Crippen molar-refractivity contribution in [2.24, 2.45) is 0 Å². The Balaban J connectivity index is 1.11. The van der Waals surface area contributed by atoms with Crippen LogP contribution in [0.1, 0.15) is 16.7 Å². The van der Waals surface area contributed by atoms with Crippen molar-refractivity contribution < 1.29 is 9.53 Å². The van der Waals surface area contributed by atoms with Crippen LogP contribution in [0, 0.1) is 0 Å². The van der Waals surface area contributed by atoms with Crippen LogP contribution in [0.3, 0.4) is 0 Å². The molecule has 5 nitrogen and oxygen atoms in total. The van der Waals surface area contributed by atoms with Crippen LogP contribution in [0.15, 0.2) is 78.9 Å². The molecular weight excluding hydrogens is 410 g/mol. The Hall–Kier alpha value is -3.57. The van der Waals surface area contributed by atoms with Crippen LogP contribution in [-0.4, -0.2) is 43.6 Å². The van der Waals surface area contributed by atoms with Crippen molar-refractivity contribution in [3.05, 3.63) is 95.6 Å². The molecule has 0 atom stereocenters. The molecule has 3 aromatic carbocycles. The van der Waals surface area contributed by atoms with E-state index in [9.17, 15) is 4.79 Å². The zero-order valence-electron chi connectivity index (χ0n) is 18.7. The molecule has 5 heteroatoms. The SMILES string of the molecule is O=C(C=Cc1ccc2c(c1)CCO2)Nc1ccc(N2CCN(Cc3ccccc3)CC2)cc1. The number of carbonyl (C=O) groups is 1. The first-order valence-electron chi connectivity index (χ1n) is 11.6. The fourth-order valence-corrected chi connectivity index (χ4v) is 4.43. The second kappa shape index (κ2) is 9.92. The number of amides is 1. The summed E-state index contributed by atoms with van der Waals surface area (Å²) < 4.78 is 5.53. The van der Waals surface area contributed by atoms with E-state index in [1.54, 1.807) is 6.08 Å². The molecule has 2 aliphatic rings. The number of fused-ring (bicyclic) bond motifs is 1. The van der Waals surface area contributed by atoms with Crippen LogP contribution < -0.4 is 15.0 Å². The summed E-state index contributed by atoms with van der Waals surface area (Å²) >= 11 is 0. The maximum Gasteiger partial charge on any atom is 0.248 e. The maximum atomic E-state index is 12.4. The van der Waals surface area contributed by atoms with Crippen molar-refractivity contribution in [2.45, 2.75) is 13.0 Å². The van der Waals surface area contributed by atoms with Crippen LogP contribution in [0.5, 0.6) is 5.75 Å². The van der Waals surface area contributed by atoms with E-state index in [0.29, 0.717) is 0 Å². The molecule has 0 spiro atoms. The third-order valence-electron chi connectivity index (χ3n) is 6.26. The number of hydrogen-bond acceptors (Lipinski definition) is 4. The largest absolute Gasteiger partial charge is 0.493 e. The number of rotatable bonds is 6. The summed E-state index contributed by atoms with van der Waals surface area (Å²) in [6.45, 7) is 5.86. The van der Waals surface area contributed by atoms with E-state index in [4.69, 9.17) is 4.74 Å². The highest BCUT2D eigenvalue weighted by Gasteiger charge is 2.17. The molecule has 3 aromatic rings. The summed E-state index contributed by atoms with van der Waals surface area (Å²) in [6, 6.07) is 24.8. The van der Waals surface area contributed by atoms with Crippen LogP contribution in [0.4, 0.5) is 11.4 Å². The number of hydrogen-bond donors (Lipinski definition) is 1. The fraction of sp³-hybridized carbons (Fsp3) is 0.250. The molecule has 5 rings (SSSR count). The number of carbonyl (C=O) groups excluding carboxylic acids is 1. The molecule has 0 aromatic heterocycles. The van der Waals surface area contributed by atoms with Gasteiger partial charge in [0.1, 0.15) is 5.75 Å². The van der Waals surface area contributed by atoms with Gasteiger partial charge in [0.15, 0.2) is 0 Å². The Labute approximate surface area is 195 Å². The van der Waals surface area contributed by atoms with Gasteiger partial charge < -0.3 is 15.0 Å². The molecule has 33 heavy (non-hydrogen) atoms. The lowest BCUT2D eigenvalue weighted by Gasteiger charge is -2.36. The molecular formula is C28H29N3O2. The average molecular weight is 440 g/mol. The summed E-state index contributed by atoms with van der Waals surface area (Å²) in [6.07, 6.45) is 4.35. The molecule has 0 bridgehead atoms. The number of anilines is 2. The molecule has 0 radical (unpaired) electrons. The predicted octanol–water partition coefficient (Wildman–Crippen LogP) is 4.60. The van der Waals surface area contributed by atoms with Gasteiger partial charge in [0.2, 0.25) is 5.91 Å². The van der Waals surface area contributed by atoms with Crippen LogP contribution in [-0.2, 0) is 17.8 Å². The molecule has 1 amide bonds. The van der Waals surface area contributed by atoms with Gasteiger partial charge in [0.25, 0.3) is 0 Å². The van der Waals surface area contributed by atoms with Gasteiger partial charge >= 0.3 is 0 Å². The van der Waals surface area contributed by atoms with E-state index >= 15 is 0 Å². The number of nitrogens with one attached hydrogen (secondary N) is 1. The fourth-order valence-electron chi connectivity index (χ4n) is 4.43. The van der Waals surface area contributed by atoms with Crippen LogP contribution in [0.2, 0.25) is 0 Å². The first kappa shape index (κ1) is 21.3. The Morgan fingerprint density at radius 2 is 1.73 bits per heavy atom. The lowest BCUT2D eigenvalue weighted by Crippen LogP contribution is -2.45. The second-order valence-electron chi connectivity index (χ2n) is 8.58. The molecule has 168 valence electrons. The monoisotopic (exact) mass is 439 g/mol. The van der Waals surface area contributed by atoms with E-state index in [1.165, 1.54) is 16.8 Å². The number of piperazine rings is 1. The van der Waals surface area contributed by atoms with Crippen molar-refractivity contribution in [3.8, 4) is 5.75 Å². The van der Waals surface area contributed by atoms with Crippen molar-refractivity contribution >= 4 is 23.4 Å². The average Bonchev–Trinajstić information content (AvgIpc) is 3.33. The molecule has 2 heterocycles. The third-order valence-corrected chi connectivity index (χ3v) is 6.26. The van der Waals surface area contributed by atoms with Gasteiger partial charge in [0, 0.05) is 56.6 Å². The number of nitrogens with zero attached hydrogens (tertiary/aromatic N) is 2. The van der Waals surface area contributed by atoms with Gasteiger partial charge in [-0.05, 0) is 59.2 Å².